The quantitative estimate of drug-likeness (QED) is 0.374. The molecule has 3 N–H and O–H groups in total. The van der Waals surface area contributed by atoms with E-state index in [1.165, 1.54) is 13.2 Å². The van der Waals surface area contributed by atoms with Gasteiger partial charge >= 0.3 is 0 Å². The Morgan fingerprint density at radius 2 is 1.92 bits per heavy atom. The molecule has 0 saturated carbocycles. The lowest BCUT2D eigenvalue weighted by atomic mass is 9.94. The number of anilines is 2. The van der Waals surface area contributed by atoms with Crippen LogP contribution in [-0.2, 0) is 6.54 Å². The lowest BCUT2D eigenvalue weighted by Crippen LogP contribution is -2.57. The number of benzene rings is 3. The second-order valence-corrected chi connectivity index (χ2v) is 9.85. The highest BCUT2D eigenvalue weighted by Crippen LogP contribution is 2.36. The molecule has 196 valence electrons. The largest absolute Gasteiger partial charge is 0.496 e. The van der Waals surface area contributed by atoms with E-state index in [0.29, 0.717) is 52.3 Å². The fraction of sp³-hybridized carbons (Fsp3) is 0.172. The molecule has 0 aliphatic carbocycles. The highest BCUT2D eigenvalue weighted by Gasteiger charge is 2.28. The molecule has 2 aliphatic heterocycles. The van der Waals surface area contributed by atoms with Gasteiger partial charge in [0.25, 0.3) is 5.91 Å². The topological polar surface area (TPSA) is 106 Å². The zero-order valence-electron chi connectivity index (χ0n) is 21.0. The van der Waals surface area contributed by atoms with Crippen LogP contribution in [0.4, 0.5) is 16.0 Å². The normalized spacial score (nSPS) is 14.5. The van der Waals surface area contributed by atoms with Crippen LogP contribution in [0.5, 0.6) is 5.75 Å². The highest BCUT2D eigenvalue weighted by atomic mass is 35.5. The van der Waals surface area contributed by atoms with Crippen LogP contribution in [0.2, 0.25) is 5.02 Å². The van der Waals surface area contributed by atoms with Crippen LogP contribution < -0.4 is 15.8 Å². The number of methoxy groups -OCH3 is 1. The minimum absolute atomic E-state index is 0.0397. The van der Waals surface area contributed by atoms with E-state index in [1.54, 1.807) is 59.6 Å². The average molecular weight is 543 g/mol. The van der Waals surface area contributed by atoms with E-state index >= 15 is 4.39 Å². The molecular formula is C29H24ClFN6O2. The summed E-state index contributed by atoms with van der Waals surface area (Å²) in [7, 11) is 1.50. The molecule has 1 saturated heterocycles. The number of halogens is 2. The summed E-state index contributed by atoms with van der Waals surface area (Å²) in [4.78, 5) is 28.3. The van der Waals surface area contributed by atoms with Crippen molar-refractivity contribution in [3.05, 3.63) is 100.0 Å². The number of hydrogen-bond donors (Lipinski definition) is 2. The van der Waals surface area contributed by atoms with Crippen molar-refractivity contribution in [1.29, 1.82) is 0 Å². The number of nitrogens with zero attached hydrogens (tertiary/aromatic N) is 4. The van der Waals surface area contributed by atoms with Gasteiger partial charge in [-0.25, -0.2) is 14.4 Å². The zero-order valence-corrected chi connectivity index (χ0v) is 21.7. The predicted molar refractivity (Wildman–Crippen MR) is 148 cm³/mol. The molecule has 10 heteroatoms. The molecule has 0 atom stereocenters. The van der Waals surface area contributed by atoms with Crippen molar-refractivity contribution in [3.8, 4) is 17.0 Å². The Morgan fingerprint density at radius 3 is 2.67 bits per heavy atom. The molecule has 1 fully saturated rings. The number of rotatable bonds is 5. The SMILES string of the molecule is COc1cccc(F)c1C1=NCc2cnc(Nc3ccc(C(=O)N4CC(N)C4)cc3)nc2-c2ccc(Cl)cc21. The predicted octanol–water partition coefficient (Wildman–Crippen LogP) is 4.82. The van der Waals surface area contributed by atoms with E-state index in [-0.39, 0.29) is 24.1 Å². The van der Waals surface area contributed by atoms with E-state index in [1.807, 2.05) is 6.07 Å². The molecule has 6 rings (SSSR count). The van der Waals surface area contributed by atoms with Crippen LogP contribution in [0, 0.1) is 5.82 Å². The summed E-state index contributed by atoms with van der Waals surface area (Å²) in [6.07, 6.45) is 1.71. The maximum Gasteiger partial charge on any atom is 0.253 e. The Labute approximate surface area is 229 Å². The second-order valence-electron chi connectivity index (χ2n) is 9.41. The number of ether oxygens (including phenoxy) is 1. The first-order chi connectivity index (χ1) is 18.9. The number of carbonyl (C=O) groups excluding carboxylic acids is 1. The summed E-state index contributed by atoms with van der Waals surface area (Å²) in [5.41, 5.74) is 10.6. The van der Waals surface area contributed by atoms with Crippen molar-refractivity contribution in [2.45, 2.75) is 12.6 Å². The van der Waals surface area contributed by atoms with Gasteiger partial charge in [0.05, 0.1) is 30.6 Å². The van der Waals surface area contributed by atoms with Crippen LogP contribution in [0.25, 0.3) is 11.3 Å². The lowest BCUT2D eigenvalue weighted by Gasteiger charge is -2.36. The summed E-state index contributed by atoms with van der Waals surface area (Å²) in [5.74, 6) is 0.256. The van der Waals surface area contributed by atoms with Crippen LogP contribution in [0.3, 0.4) is 0 Å². The van der Waals surface area contributed by atoms with Crippen molar-refractivity contribution in [1.82, 2.24) is 14.9 Å². The molecule has 0 spiro atoms. The molecule has 4 aromatic rings. The number of carbonyl (C=O) groups is 1. The van der Waals surface area contributed by atoms with Crippen molar-refractivity contribution in [3.63, 3.8) is 0 Å². The molecule has 8 nitrogen and oxygen atoms in total. The van der Waals surface area contributed by atoms with E-state index in [0.717, 1.165) is 16.8 Å². The third kappa shape index (κ3) is 4.71. The number of nitrogens with two attached hydrogens (primary N) is 1. The van der Waals surface area contributed by atoms with E-state index < -0.39 is 5.82 Å². The lowest BCUT2D eigenvalue weighted by molar-refractivity contribution is 0.0608. The molecule has 3 aromatic carbocycles. The van der Waals surface area contributed by atoms with Gasteiger partial charge in [0.15, 0.2) is 0 Å². The molecule has 2 aliphatic rings. The van der Waals surface area contributed by atoms with Crippen LogP contribution in [0.15, 0.2) is 71.9 Å². The van der Waals surface area contributed by atoms with Crippen molar-refractivity contribution < 1.29 is 13.9 Å². The Bertz CT molecular complexity index is 1620. The monoisotopic (exact) mass is 542 g/mol. The van der Waals surface area contributed by atoms with Gasteiger partial charge in [-0.3, -0.25) is 9.79 Å². The Kier molecular flexibility index (Phi) is 6.46. The van der Waals surface area contributed by atoms with E-state index in [2.05, 4.69) is 10.3 Å². The van der Waals surface area contributed by atoms with Gasteiger partial charge in [0.2, 0.25) is 5.95 Å². The van der Waals surface area contributed by atoms with Crippen molar-refractivity contribution in [2.75, 3.05) is 25.5 Å². The van der Waals surface area contributed by atoms with E-state index in [9.17, 15) is 4.79 Å². The number of amides is 1. The highest BCUT2D eigenvalue weighted by molar-refractivity contribution is 6.31. The number of aromatic nitrogens is 2. The Morgan fingerprint density at radius 1 is 1.13 bits per heavy atom. The third-order valence-corrected chi connectivity index (χ3v) is 7.02. The summed E-state index contributed by atoms with van der Waals surface area (Å²) in [5, 5.41) is 3.70. The molecule has 3 heterocycles. The first-order valence-corrected chi connectivity index (χ1v) is 12.7. The number of likely N-dealkylation sites (tertiary alicyclic amines) is 1. The maximum atomic E-state index is 15.1. The third-order valence-electron chi connectivity index (χ3n) is 6.78. The molecule has 0 radical (unpaired) electrons. The Balaban J connectivity index is 1.33. The summed E-state index contributed by atoms with van der Waals surface area (Å²) in [6.45, 7) is 1.39. The van der Waals surface area contributed by atoms with Gasteiger partial charge in [-0.1, -0.05) is 23.7 Å². The Hall–Kier alpha value is -4.34. The fourth-order valence-corrected chi connectivity index (χ4v) is 4.96. The standard InChI is InChI=1S/C29H24ClFN6O2/c1-39-24-4-2-3-23(31)25(24)27-22-11-18(30)7-10-21(22)26-17(12-33-27)13-34-29(36-26)35-20-8-5-16(6-9-20)28(38)37-14-19(32)15-37/h2-11,13,19H,12,14-15,32H2,1H3,(H,34,35,36). The van der Waals surface area contributed by atoms with Gasteiger partial charge in [-0.2, -0.15) is 0 Å². The molecule has 1 amide bonds. The number of hydrogen-bond acceptors (Lipinski definition) is 7. The molecule has 1 aromatic heterocycles. The van der Waals surface area contributed by atoms with Gasteiger partial charge in [0.1, 0.15) is 11.6 Å². The minimum Gasteiger partial charge on any atom is -0.496 e. The van der Waals surface area contributed by atoms with Crippen LogP contribution >= 0.6 is 11.6 Å². The van der Waals surface area contributed by atoms with Crippen molar-refractivity contribution >= 4 is 34.9 Å². The van der Waals surface area contributed by atoms with Gasteiger partial charge in [-0.15, -0.1) is 0 Å². The smallest absolute Gasteiger partial charge is 0.253 e. The number of nitrogens with one attached hydrogen (secondary N) is 1. The average Bonchev–Trinajstić information content (AvgIpc) is 3.07. The summed E-state index contributed by atoms with van der Waals surface area (Å²) < 4.78 is 20.5. The second kappa shape index (κ2) is 10.1. The molecular weight excluding hydrogens is 519 g/mol. The summed E-state index contributed by atoms with van der Waals surface area (Å²) in [6, 6.07) is 17.2. The van der Waals surface area contributed by atoms with Crippen LogP contribution in [-0.4, -0.2) is 52.7 Å². The molecule has 39 heavy (non-hydrogen) atoms. The van der Waals surface area contributed by atoms with Crippen LogP contribution in [0.1, 0.15) is 27.0 Å². The first kappa shape index (κ1) is 25.0. The van der Waals surface area contributed by atoms with E-state index in [4.69, 9.17) is 32.0 Å². The zero-order chi connectivity index (χ0) is 27.1. The summed E-state index contributed by atoms with van der Waals surface area (Å²) >= 11 is 6.38. The molecule has 0 bridgehead atoms. The number of fused-ring (bicyclic) bond motifs is 3. The van der Waals surface area contributed by atoms with Gasteiger partial charge in [-0.05, 0) is 48.5 Å². The minimum atomic E-state index is -0.447. The van der Waals surface area contributed by atoms with Crippen molar-refractivity contribution in [2.24, 2.45) is 10.7 Å². The van der Waals surface area contributed by atoms with Gasteiger partial charge in [0, 0.05) is 58.3 Å². The van der Waals surface area contributed by atoms with Gasteiger partial charge < -0.3 is 20.7 Å². The molecule has 0 unspecified atom stereocenters. The fourth-order valence-electron chi connectivity index (χ4n) is 4.79. The first-order valence-electron chi connectivity index (χ1n) is 12.4. The number of aliphatic imine (C=N–C) groups is 1. The maximum absolute atomic E-state index is 15.1.